The average molecular weight is 239 g/mol. The van der Waals surface area contributed by atoms with E-state index in [1.807, 2.05) is 5.43 Å². The van der Waals surface area contributed by atoms with Crippen LogP contribution in [0.1, 0.15) is 18.5 Å². The van der Waals surface area contributed by atoms with E-state index in [2.05, 4.69) is 0 Å². The average Bonchev–Trinajstić information content (AvgIpc) is 2.30. The molecule has 0 aromatic heterocycles. The lowest BCUT2D eigenvalue weighted by molar-refractivity contribution is 0.0771. The van der Waals surface area contributed by atoms with Gasteiger partial charge < -0.3 is 10.8 Å². The largest absolute Gasteiger partial charge is 0.399 e. The molecule has 2 amide bonds. The molecule has 0 heterocycles. The third kappa shape index (κ3) is 3.06. The van der Waals surface area contributed by atoms with E-state index in [1.54, 1.807) is 24.3 Å². The van der Waals surface area contributed by atoms with E-state index in [1.165, 1.54) is 6.92 Å². The summed E-state index contributed by atoms with van der Waals surface area (Å²) in [7, 11) is 0. The van der Waals surface area contributed by atoms with E-state index >= 15 is 0 Å². The first-order valence-corrected chi connectivity index (χ1v) is 5.05. The van der Waals surface area contributed by atoms with E-state index in [4.69, 9.17) is 17.4 Å². The van der Waals surface area contributed by atoms with Crippen molar-refractivity contribution in [3.05, 3.63) is 29.8 Å². The maximum Gasteiger partial charge on any atom is 0.346 e. The first-order valence-electron chi connectivity index (χ1n) is 5.05. The van der Waals surface area contributed by atoms with Crippen LogP contribution < -0.4 is 22.8 Å². The third-order valence-corrected chi connectivity index (χ3v) is 2.39. The van der Waals surface area contributed by atoms with E-state index in [-0.39, 0.29) is 0 Å². The zero-order valence-corrected chi connectivity index (χ0v) is 9.50. The molecule has 0 radical (unpaired) electrons. The van der Waals surface area contributed by atoms with Gasteiger partial charge in [0.05, 0.1) is 6.10 Å². The second-order valence-electron chi connectivity index (χ2n) is 3.71. The number of nitrogen functional groups attached to an aromatic ring is 1. The smallest absolute Gasteiger partial charge is 0.346 e. The summed E-state index contributed by atoms with van der Waals surface area (Å²) in [5, 5.41) is 10.5. The van der Waals surface area contributed by atoms with Gasteiger partial charge in [0.25, 0.3) is 0 Å². The Hall–Kier alpha value is -1.83. The molecular weight excluding hydrogens is 222 g/mol. The Morgan fingerprint density at radius 1 is 1.41 bits per heavy atom. The molecule has 0 spiro atoms. The van der Waals surface area contributed by atoms with Crippen LogP contribution >= 0.6 is 0 Å². The van der Waals surface area contributed by atoms with Crippen molar-refractivity contribution in [2.75, 3.05) is 5.73 Å². The molecule has 1 rings (SSSR count). The van der Waals surface area contributed by atoms with E-state index in [0.717, 1.165) is 5.01 Å². The summed E-state index contributed by atoms with van der Waals surface area (Å²) in [6.07, 6.45) is -0.846. The number of hydrazine groups is 2. The van der Waals surface area contributed by atoms with Gasteiger partial charge in [-0.3, -0.25) is 10.4 Å². The summed E-state index contributed by atoms with van der Waals surface area (Å²) in [6, 6.07) is 5.33. The number of nitrogens with zero attached hydrogens (tertiary/aromatic N) is 1. The van der Waals surface area contributed by atoms with Crippen LogP contribution in [-0.2, 0) is 0 Å². The van der Waals surface area contributed by atoms with Crippen molar-refractivity contribution in [1.82, 2.24) is 10.4 Å². The lowest BCUT2D eigenvalue weighted by Gasteiger charge is -2.29. The Morgan fingerprint density at radius 3 is 2.35 bits per heavy atom. The lowest BCUT2D eigenvalue weighted by atomic mass is 10.0. The molecular formula is C10H17N5O2. The summed E-state index contributed by atoms with van der Waals surface area (Å²) < 4.78 is 0. The van der Waals surface area contributed by atoms with Gasteiger partial charge in [-0.15, -0.1) is 0 Å². The zero-order chi connectivity index (χ0) is 13.0. The van der Waals surface area contributed by atoms with Crippen LogP contribution in [0.15, 0.2) is 24.3 Å². The molecule has 1 aromatic rings. The van der Waals surface area contributed by atoms with Crippen LogP contribution in [0.2, 0.25) is 0 Å². The number of amides is 2. The molecule has 7 heteroatoms. The zero-order valence-electron chi connectivity index (χ0n) is 9.50. The Bertz CT molecular complexity index is 379. The fourth-order valence-corrected chi connectivity index (χ4v) is 1.57. The van der Waals surface area contributed by atoms with E-state index < -0.39 is 18.2 Å². The number of nitrogens with one attached hydrogen (secondary N) is 1. The molecule has 8 N–H and O–H groups in total. The minimum absolute atomic E-state index is 0.588. The molecule has 0 aliphatic rings. The van der Waals surface area contributed by atoms with Crippen molar-refractivity contribution >= 4 is 11.7 Å². The van der Waals surface area contributed by atoms with Crippen molar-refractivity contribution in [3.8, 4) is 0 Å². The number of rotatable bonds is 3. The van der Waals surface area contributed by atoms with Crippen LogP contribution in [0.5, 0.6) is 0 Å². The highest BCUT2D eigenvalue weighted by atomic mass is 16.3. The van der Waals surface area contributed by atoms with Crippen molar-refractivity contribution in [3.63, 3.8) is 0 Å². The summed E-state index contributed by atoms with van der Waals surface area (Å²) >= 11 is 0. The first kappa shape index (κ1) is 13.2. The van der Waals surface area contributed by atoms with Gasteiger partial charge in [-0.1, -0.05) is 12.1 Å². The van der Waals surface area contributed by atoms with Gasteiger partial charge in [0.15, 0.2) is 0 Å². The second-order valence-corrected chi connectivity index (χ2v) is 3.71. The quantitative estimate of drug-likeness (QED) is 0.209. The minimum atomic E-state index is -0.846. The number of hydrogen-bond acceptors (Lipinski definition) is 5. The van der Waals surface area contributed by atoms with Crippen molar-refractivity contribution < 1.29 is 9.90 Å². The number of anilines is 1. The number of carbonyl (C=O) groups excluding carboxylic acids is 1. The van der Waals surface area contributed by atoms with Crippen molar-refractivity contribution in [1.29, 1.82) is 0 Å². The topological polar surface area (TPSA) is 131 Å². The van der Waals surface area contributed by atoms with Gasteiger partial charge in [0, 0.05) is 5.69 Å². The van der Waals surface area contributed by atoms with Gasteiger partial charge in [-0.25, -0.2) is 16.5 Å². The Balaban J connectivity index is 3.01. The van der Waals surface area contributed by atoms with Gasteiger partial charge in [0.2, 0.25) is 0 Å². The standard InChI is InChI=1S/C10H17N5O2/c1-6(16)9(15(13)10(17)14-12)7-2-4-8(11)5-3-7/h2-6,9,16H,11-13H2,1H3,(H,14,17). The molecule has 0 fully saturated rings. The maximum atomic E-state index is 11.3. The molecule has 1 aromatic carbocycles. The number of carbonyl (C=O) groups is 1. The maximum absolute atomic E-state index is 11.3. The Kier molecular flexibility index (Phi) is 4.27. The highest BCUT2D eigenvalue weighted by molar-refractivity contribution is 5.73. The van der Waals surface area contributed by atoms with Crippen molar-refractivity contribution in [2.45, 2.75) is 19.1 Å². The predicted octanol–water partition coefficient (Wildman–Crippen LogP) is -0.550. The molecule has 0 aliphatic heterocycles. The number of hydrogen-bond donors (Lipinski definition) is 5. The summed E-state index contributed by atoms with van der Waals surface area (Å²) in [5.41, 5.74) is 8.72. The van der Waals surface area contributed by atoms with Crippen LogP contribution in [0.4, 0.5) is 10.5 Å². The molecule has 0 saturated heterocycles. The molecule has 0 bridgehead atoms. The minimum Gasteiger partial charge on any atom is -0.399 e. The lowest BCUT2D eigenvalue weighted by Crippen LogP contribution is -2.51. The molecule has 2 unspecified atom stereocenters. The van der Waals surface area contributed by atoms with Gasteiger partial charge in [-0.05, 0) is 24.6 Å². The molecule has 0 saturated carbocycles. The molecule has 0 aliphatic carbocycles. The monoisotopic (exact) mass is 239 g/mol. The Morgan fingerprint density at radius 2 is 1.94 bits per heavy atom. The van der Waals surface area contributed by atoms with Gasteiger partial charge >= 0.3 is 6.03 Å². The Labute approximate surface area is 99.1 Å². The number of aliphatic hydroxyl groups is 1. The molecule has 2 atom stereocenters. The number of benzene rings is 1. The van der Waals surface area contributed by atoms with Gasteiger partial charge in [0.1, 0.15) is 6.04 Å². The van der Waals surface area contributed by atoms with Crippen LogP contribution in [0.3, 0.4) is 0 Å². The summed E-state index contributed by atoms with van der Waals surface area (Å²) in [6.45, 7) is 1.53. The highest BCUT2D eigenvalue weighted by Crippen LogP contribution is 2.22. The third-order valence-electron chi connectivity index (χ3n) is 2.39. The van der Waals surface area contributed by atoms with Crippen LogP contribution in [0.25, 0.3) is 0 Å². The van der Waals surface area contributed by atoms with Crippen LogP contribution in [-0.4, -0.2) is 22.3 Å². The first-order chi connectivity index (χ1) is 7.97. The van der Waals surface area contributed by atoms with E-state index in [9.17, 15) is 9.90 Å². The molecule has 94 valence electrons. The number of urea groups is 1. The fourth-order valence-electron chi connectivity index (χ4n) is 1.57. The van der Waals surface area contributed by atoms with Crippen LogP contribution in [0, 0.1) is 0 Å². The van der Waals surface area contributed by atoms with Crippen molar-refractivity contribution in [2.24, 2.45) is 11.7 Å². The number of nitrogens with two attached hydrogens (primary N) is 3. The number of aliphatic hydroxyl groups excluding tert-OH is 1. The summed E-state index contributed by atoms with van der Waals surface area (Å²) in [5.74, 6) is 10.6. The molecule has 17 heavy (non-hydrogen) atoms. The van der Waals surface area contributed by atoms with E-state index in [0.29, 0.717) is 11.3 Å². The fraction of sp³-hybridized carbons (Fsp3) is 0.300. The van der Waals surface area contributed by atoms with Gasteiger partial charge in [-0.2, -0.15) is 0 Å². The second kappa shape index (κ2) is 5.48. The SMILES string of the molecule is CC(O)C(c1ccc(N)cc1)N(N)C(=O)NN. The molecule has 7 nitrogen and oxygen atoms in total. The normalized spacial score (nSPS) is 13.9. The summed E-state index contributed by atoms with van der Waals surface area (Å²) in [4.78, 5) is 11.3. The predicted molar refractivity (Wildman–Crippen MR) is 64.0 cm³/mol. The highest BCUT2D eigenvalue weighted by Gasteiger charge is 2.26.